The number of nitrogens with one attached hydrogen (secondary N) is 1. The Morgan fingerprint density at radius 1 is 0.931 bits per heavy atom. The predicted molar refractivity (Wildman–Crippen MR) is 118 cm³/mol. The molecule has 0 bridgehead atoms. The summed E-state index contributed by atoms with van der Waals surface area (Å²) in [5.74, 6) is 0.466. The van der Waals surface area contributed by atoms with Crippen LogP contribution in [0.4, 0.5) is 5.69 Å². The Balaban J connectivity index is 2.03. The Kier molecular flexibility index (Phi) is 7.97. The van der Waals surface area contributed by atoms with Gasteiger partial charge in [0.05, 0.1) is 0 Å². The molecule has 5 N–H and O–H groups in total. The molecule has 2 aromatic carbocycles. The van der Waals surface area contributed by atoms with E-state index in [1.165, 1.54) is 11.1 Å². The monoisotopic (exact) mass is 396 g/mol. The molecule has 0 aliphatic rings. The molecule has 0 spiro atoms. The zero-order valence-electron chi connectivity index (χ0n) is 18.1. The van der Waals surface area contributed by atoms with E-state index in [0.29, 0.717) is 23.1 Å². The average Bonchev–Trinajstić information content (AvgIpc) is 2.66. The molecule has 0 fully saturated rings. The molecule has 2 rings (SSSR count). The molecular weight excluding hydrogens is 362 g/mol. The highest BCUT2D eigenvalue weighted by Gasteiger charge is 2.26. The van der Waals surface area contributed by atoms with E-state index in [9.17, 15) is 9.59 Å². The minimum absolute atomic E-state index is 0.0705. The number of anilines is 1. The summed E-state index contributed by atoms with van der Waals surface area (Å²) in [6.07, 6.45) is 1.07. The third-order valence-corrected chi connectivity index (χ3v) is 5.07. The van der Waals surface area contributed by atoms with Crippen LogP contribution in [0.5, 0.6) is 0 Å². The number of quaternary nitrogens is 1. The topological polar surface area (TPSA) is 88.8 Å². The zero-order valence-corrected chi connectivity index (χ0v) is 18.1. The number of hydrogen-bond donors (Lipinski definition) is 3. The van der Waals surface area contributed by atoms with Crippen molar-refractivity contribution in [2.24, 2.45) is 17.6 Å². The molecule has 0 unspecified atom stereocenters. The van der Waals surface area contributed by atoms with Gasteiger partial charge in [0, 0.05) is 22.7 Å². The van der Waals surface area contributed by atoms with Crippen molar-refractivity contribution < 1.29 is 14.9 Å². The van der Waals surface area contributed by atoms with E-state index in [1.54, 1.807) is 24.3 Å². The number of hydrogen-bond acceptors (Lipinski definition) is 2. The molecule has 5 nitrogen and oxygen atoms in total. The third kappa shape index (κ3) is 6.71. The van der Waals surface area contributed by atoms with Crippen LogP contribution >= 0.6 is 0 Å². The van der Waals surface area contributed by atoms with E-state index in [4.69, 9.17) is 5.73 Å². The van der Waals surface area contributed by atoms with Gasteiger partial charge in [-0.15, -0.1) is 0 Å². The zero-order chi connectivity index (χ0) is 21.6. The van der Waals surface area contributed by atoms with E-state index in [1.807, 2.05) is 6.92 Å². The SMILES string of the molecule is CC(C)Cc1ccc([C@@H]([NH2+][C@@H](C)C(=O)Nc2ccc(C(N)=O)cc2)C(C)C)cc1. The lowest BCUT2D eigenvalue weighted by molar-refractivity contribution is -0.718. The highest BCUT2D eigenvalue weighted by atomic mass is 16.2. The Morgan fingerprint density at radius 3 is 2.00 bits per heavy atom. The molecule has 0 aliphatic heterocycles. The Morgan fingerprint density at radius 2 is 1.52 bits per heavy atom. The van der Waals surface area contributed by atoms with Crippen molar-refractivity contribution in [1.82, 2.24) is 0 Å². The van der Waals surface area contributed by atoms with Gasteiger partial charge in [-0.25, -0.2) is 0 Å². The van der Waals surface area contributed by atoms with Gasteiger partial charge in [-0.1, -0.05) is 52.0 Å². The summed E-state index contributed by atoms with van der Waals surface area (Å²) in [5.41, 5.74) is 8.90. The fourth-order valence-electron chi connectivity index (χ4n) is 3.44. The van der Waals surface area contributed by atoms with Gasteiger partial charge in [0.2, 0.25) is 5.91 Å². The Bertz CT molecular complexity index is 811. The maximum atomic E-state index is 12.7. The van der Waals surface area contributed by atoms with Gasteiger partial charge in [-0.3, -0.25) is 9.59 Å². The minimum atomic E-state index is -0.483. The molecule has 2 aromatic rings. The molecule has 0 aliphatic carbocycles. The van der Waals surface area contributed by atoms with Crippen LogP contribution in [0.25, 0.3) is 0 Å². The number of primary amides is 1. The molecule has 0 radical (unpaired) electrons. The molecule has 0 saturated heterocycles. The molecule has 2 atom stereocenters. The van der Waals surface area contributed by atoms with Crippen molar-refractivity contribution in [2.75, 3.05) is 5.32 Å². The van der Waals surface area contributed by atoms with Crippen LogP contribution in [0.1, 0.15) is 62.1 Å². The van der Waals surface area contributed by atoms with Crippen molar-refractivity contribution in [2.45, 2.75) is 53.1 Å². The van der Waals surface area contributed by atoms with Crippen molar-refractivity contribution in [3.05, 3.63) is 65.2 Å². The Hall–Kier alpha value is -2.66. The van der Waals surface area contributed by atoms with Gasteiger partial charge in [-0.05, 0) is 49.1 Å². The summed E-state index contributed by atoms with van der Waals surface area (Å²) >= 11 is 0. The fourth-order valence-corrected chi connectivity index (χ4v) is 3.44. The highest BCUT2D eigenvalue weighted by Crippen LogP contribution is 2.20. The van der Waals surface area contributed by atoms with Crippen molar-refractivity contribution >= 4 is 17.5 Å². The van der Waals surface area contributed by atoms with Crippen LogP contribution in [-0.4, -0.2) is 17.9 Å². The van der Waals surface area contributed by atoms with Gasteiger partial charge in [-0.2, -0.15) is 0 Å². The molecule has 0 heterocycles. The second kappa shape index (κ2) is 10.2. The van der Waals surface area contributed by atoms with Gasteiger partial charge >= 0.3 is 0 Å². The normalized spacial score (nSPS) is 13.3. The second-order valence-corrected chi connectivity index (χ2v) is 8.52. The first-order valence-corrected chi connectivity index (χ1v) is 10.3. The first kappa shape index (κ1) is 22.6. The quantitative estimate of drug-likeness (QED) is 0.607. The van der Waals surface area contributed by atoms with Crippen LogP contribution in [0, 0.1) is 11.8 Å². The van der Waals surface area contributed by atoms with Gasteiger partial charge < -0.3 is 16.4 Å². The lowest BCUT2D eigenvalue weighted by Crippen LogP contribution is -2.93. The van der Waals surface area contributed by atoms with Gasteiger partial charge in [0.15, 0.2) is 6.04 Å². The van der Waals surface area contributed by atoms with Crippen molar-refractivity contribution in [3.8, 4) is 0 Å². The standard InChI is InChI=1S/C24H33N3O2/c1-15(2)14-18-6-8-19(9-7-18)22(16(3)4)26-17(5)24(29)27-21-12-10-20(11-13-21)23(25)28/h6-13,15-17,22,26H,14H2,1-5H3,(H2,25,28)(H,27,29)/p+1/t17-,22-/m0/s1. The predicted octanol–water partition coefficient (Wildman–Crippen LogP) is 3.27. The van der Waals surface area contributed by atoms with Crippen LogP contribution < -0.4 is 16.4 Å². The molecular formula is C24H34N3O2+. The number of carbonyl (C=O) groups is 2. The van der Waals surface area contributed by atoms with Crippen LogP contribution in [0.2, 0.25) is 0 Å². The highest BCUT2D eigenvalue weighted by molar-refractivity contribution is 5.95. The summed E-state index contributed by atoms with van der Waals surface area (Å²) in [6, 6.07) is 15.3. The van der Waals surface area contributed by atoms with Crippen molar-refractivity contribution in [1.29, 1.82) is 0 Å². The lowest BCUT2D eigenvalue weighted by atomic mass is 9.93. The third-order valence-electron chi connectivity index (χ3n) is 5.07. The van der Waals surface area contributed by atoms with E-state index in [2.05, 4.69) is 62.6 Å². The summed E-state index contributed by atoms with van der Waals surface area (Å²) in [6.45, 7) is 10.7. The fraction of sp³-hybridized carbons (Fsp3) is 0.417. The molecule has 2 amide bonds. The van der Waals surface area contributed by atoms with E-state index in [-0.39, 0.29) is 18.0 Å². The number of rotatable bonds is 9. The number of carbonyl (C=O) groups excluding carboxylic acids is 2. The first-order valence-electron chi connectivity index (χ1n) is 10.3. The molecule has 5 heteroatoms. The number of benzene rings is 2. The summed E-state index contributed by atoms with van der Waals surface area (Å²) in [7, 11) is 0. The summed E-state index contributed by atoms with van der Waals surface area (Å²) in [5, 5.41) is 5.03. The first-order chi connectivity index (χ1) is 13.7. The number of nitrogens with two attached hydrogens (primary N) is 2. The maximum Gasteiger partial charge on any atom is 0.282 e. The second-order valence-electron chi connectivity index (χ2n) is 8.52. The summed E-state index contributed by atoms with van der Waals surface area (Å²) < 4.78 is 0. The van der Waals surface area contributed by atoms with Crippen LogP contribution in [-0.2, 0) is 11.2 Å². The molecule has 156 valence electrons. The van der Waals surface area contributed by atoms with E-state index >= 15 is 0 Å². The largest absolute Gasteiger partial charge is 0.366 e. The maximum absolute atomic E-state index is 12.7. The molecule has 0 aromatic heterocycles. The van der Waals surface area contributed by atoms with Gasteiger partial charge in [0.25, 0.3) is 5.91 Å². The van der Waals surface area contributed by atoms with Crippen LogP contribution in [0.3, 0.4) is 0 Å². The smallest absolute Gasteiger partial charge is 0.282 e. The number of amides is 2. The van der Waals surface area contributed by atoms with E-state index < -0.39 is 5.91 Å². The van der Waals surface area contributed by atoms with Crippen molar-refractivity contribution in [3.63, 3.8) is 0 Å². The molecule has 29 heavy (non-hydrogen) atoms. The van der Waals surface area contributed by atoms with Gasteiger partial charge in [0.1, 0.15) is 6.04 Å². The Labute approximate surface area is 174 Å². The summed E-state index contributed by atoms with van der Waals surface area (Å²) in [4.78, 5) is 23.8. The van der Waals surface area contributed by atoms with Crippen LogP contribution in [0.15, 0.2) is 48.5 Å². The van der Waals surface area contributed by atoms with E-state index in [0.717, 1.165) is 6.42 Å². The lowest BCUT2D eigenvalue weighted by Gasteiger charge is -2.23. The average molecular weight is 397 g/mol. The minimum Gasteiger partial charge on any atom is -0.366 e. The molecule has 0 saturated carbocycles.